The summed E-state index contributed by atoms with van der Waals surface area (Å²) in [4.78, 5) is 6.92. The number of rotatable bonds is 4. The van der Waals surface area contributed by atoms with E-state index in [4.69, 9.17) is 5.73 Å². The first-order valence-corrected chi connectivity index (χ1v) is 6.38. The number of aromatic nitrogens is 1. The zero-order valence-corrected chi connectivity index (χ0v) is 10.7. The van der Waals surface area contributed by atoms with Crippen LogP contribution in [0, 0.1) is 12.8 Å². The van der Waals surface area contributed by atoms with E-state index in [0.717, 1.165) is 36.2 Å². The monoisotopic (exact) mass is 234 g/mol. The Morgan fingerprint density at radius 1 is 1.53 bits per heavy atom. The number of likely N-dealkylation sites (tertiary alicyclic amines) is 1. The predicted molar refractivity (Wildman–Crippen MR) is 72.1 cm³/mol. The number of nitrogens with zero attached hydrogens (tertiary/aromatic N) is 2. The second-order valence-electron chi connectivity index (χ2n) is 4.80. The molecule has 94 valence electrons. The van der Waals surface area contributed by atoms with Crippen LogP contribution in [0.15, 0.2) is 12.1 Å². The number of nitrogens with two attached hydrogens (primary N) is 1. The molecule has 2 heterocycles. The van der Waals surface area contributed by atoms with Crippen molar-refractivity contribution in [1.29, 1.82) is 0 Å². The third-order valence-electron chi connectivity index (χ3n) is 3.52. The van der Waals surface area contributed by atoms with E-state index < -0.39 is 0 Å². The second-order valence-corrected chi connectivity index (χ2v) is 4.80. The van der Waals surface area contributed by atoms with Gasteiger partial charge in [-0.25, -0.2) is 4.98 Å². The number of aryl methyl sites for hydroxylation is 1. The number of anilines is 2. The molecular weight excluding hydrogens is 212 g/mol. The number of hydrogen-bond acceptors (Lipinski definition) is 4. The molecule has 0 saturated carbocycles. The molecule has 0 amide bonds. The van der Waals surface area contributed by atoms with Crippen molar-refractivity contribution < 1.29 is 0 Å². The molecule has 0 aromatic carbocycles. The number of pyridine rings is 1. The molecule has 2 rings (SSSR count). The van der Waals surface area contributed by atoms with Crippen LogP contribution in [0.3, 0.4) is 0 Å². The summed E-state index contributed by atoms with van der Waals surface area (Å²) in [5.41, 5.74) is 7.40. The van der Waals surface area contributed by atoms with E-state index in [1.54, 1.807) is 0 Å². The van der Waals surface area contributed by atoms with E-state index in [0.29, 0.717) is 0 Å². The molecule has 0 bridgehead atoms. The first-order chi connectivity index (χ1) is 8.19. The van der Waals surface area contributed by atoms with Gasteiger partial charge in [0.15, 0.2) is 0 Å². The van der Waals surface area contributed by atoms with Crippen molar-refractivity contribution >= 4 is 11.5 Å². The summed E-state index contributed by atoms with van der Waals surface area (Å²) in [5.74, 6) is 1.68. The third kappa shape index (κ3) is 3.09. The number of hydrogen-bond donors (Lipinski definition) is 2. The van der Waals surface area contributed by atoms with Crippen LogP contribution in [0.25, 0.3) is 0 Å². The molecule has 1 atom stereocenters. The smallest absolute Gasteiger partial charge is 0.126 e. The predicted octanol–water partition coefficient (Wildman–Crippen LogP) is 1.73. The topological polar surface area (TPSA) is 54.2 Å². The maximum atomic E-state index is 5.75. The Morgan fingerprint density at radius 3 is 3.00 bits per heavy atom. The van der Waals surface area contributed by atoms with Crippen molar-refractivity contribution in [3.8, 4) is 0 Å². The van der Waals surface area contributed by atoms with Gasteiger partial charge in [-0.2, -0.15) is 0 Å². The Bertz CT molecular complexity index is 378. The fourth-order valence-corrected chi connectivity index (χ4v) is 2.29. The van der Waals surface area contributed by atoms with Gasteiger partial charge in [0.1, 0.15) is 5.82 Å². The molecule has 1 fully saturated rings. The van der Waals surface area contributed by atoms with Crippen LogP contribution in [0.1, 0.15) is 19.0 Å². The van der Waals surface area contributed by atoms with Crippen molar-refractivity contribution in [2.45, 2.75) is 20.3 Å². The zero-order valence-electron chi connectivity index (χ0n) is 10.7. The van der Waals surface area contributed by atoms with Gasteiger partial charge in [-0.3, -0.25) is 0 Å². The Morgan fingerprint density at radius 2 is 2.35 bits per heavy atom. The summed E-state index contributed by atoms with van der Waals surface area (Å²) in [7, 11) is 0. The van der Waals surface area contributed by atoms with Crippen molar-refractivity contribution in [1.82, 2.24) is 9.88 Å². The highest BCUT2D eigenvalue weighted by atomic mass is 15.1. The lowest BCUT2D eigenvalue weighted by atomic mass is 10.1. The summed E-state index contributed by atoms with van der Waals surface area (Å²) < 4.78 is 0. The zero-order chi connectivity index (χ0) is 12.3. The lowest BCUT2D eigenvalue weighted by Crippen LogP contribution is -2.22. The van der Waals surface area contributed by atoms with Gasteiger partial charge in [-0.15, -0.1) is 0 Å². The molecule has 0 spiro atoms. The highest BCUT2D eigenvalue weighted by Crippen LogP contribution is 2.17. The first-order valence-electron chi connectivity index (χ1n) is 6.38. The van der Waals surface area contributed by atoms with Crippen molar-refractivity contribution in [2.75, 3.05) is 37.2 Å². The van der Waals surface area contributed by atoms with Gasteiger partial charge in [0, 0.05) is 13.1 Å². The molecular formula is C13H22N4. The van der Waals surface area contributed by atoms with Crippen molar-refractivity contribution in [3.63, 3.8) is 0 Å². The van der Waals surface area contributed by atoms with Crippen LogP contribution in [0.4, 0.5) is 11.5 Å². The summed E-state index contributed by atoms with van der Waals surface area (Å²) in [6.07, 6.45) is 1.29. The van der Waals surface area contributed by atoms with Gasteiger partial charge < -0.3 is 16.0 Å². The van der Waals surface area contributed by atoms with Gasteiger partial charge in [0.2, 0.25) is 0 Å². The average Bonchev–Trinajstić information content (AvgIpc) is 2.79. The Kier molecular flexibility index (Phi) is 3.84. The summed E-state index contributed by atoms with van der Waals surface area (Å²) in [6, 6.07) is 3.87. The SMILES string of the molecule is CCN1CCC(CNc2ccc(N)c(C)n2)C1. The first kappa shape index (κ1) is 12.2. The maximum Gasteiger partial charge on any atom is 0.126 e. The van der Waals surface area contributed by atoms with Gasteiger partial charge >= 0.3 is 0 Å². The van der Waals surface area contributed by atoms with Crippen molar-refractivity contribution in [2.24, 2.45) is 5.92 Å². The molecule has 1 aromatic rings. The van der Waals surface area contributed by atoms with Crippen LogP contribution < -0.4 is 11.1 Å². The molecule has 1 aliphatic heterocycles. The average molecular weight is 234 g/mol. The highest BCUT2D eigenvalue weighted by Gasteiger charge is 2.20. The largest absolute Gasteiger partial charge is 0.397 e. The lowest BCUT2D eigenvalue weighted by molar-refractivity contribution is 0.345. The Balaban J connectivity index is 1.84. The minimum absolute atomic E-state index is 0.745. The molecule has 0 aliphatic carbocycles. The summed E-state index contributed by atoms with van der Waals surface area (Å²) >= 11 is 0. The van der Waals surface area contributed by atoms with Crippen LogP contribution in [-0.4, -0.2) is 36.1 Å². The molecule has 17 heavy (non-hydrogen) atoms. The normalized spacial score (nSPS) is 20.7. The van der Waals surface area contributed by atoms with Gasteiger partial charge in [-0.1, -0.05) is 6.92 Å². The quantitative estimate of drug-likeness (QED) is 0.833. The Hall–Kier alpha value is -1.29. The van der Waals surface area contributed by atoms with Gasteiger partial charge in [0.25, 0.3) is 0 Å². The molecule has 3 N–H and O–H groups in total. The molecule has 1 saturated heterocycles. The van der Waals surface area contributed by atoms with Crippen LogP contribution in [0.2, 0.25) is 0 Å². The van der Waals surface area contributed by atoms with E-state index in [2.05, 4.69) is 22.1 Å². The van der Waals surface area contributed by atoms with Gasteiger partial charge in [0.05, 0.1) is 11.4 Å². The minimum Gasteiger partial charge on any atom is -0.397 e. The summed E-state index contributed by atoms with van der Waals surface area (Å²) in [6.45, 7) is 8.77. The maximum absolute atomic E-state index is 5.75. The highest BCUT2D eigenvalue weighted by molar-refractivity contribution is 5.49. The van der Waals surface area contributed by atoms with E-state index in [1.165, 1.54) is 19.5 Å². The minimum atomic E-state index is 0.745. The fourth-order valence-electron chi connectivity index (χ4n) is 2.29. The van der Waals surface area contributed by atoms with E-state index in [9.17, 15) is 0 Å². The van der Waals surface area contributed by atoms with E-state index in [-0.39, 0.29) is 0 Å². The molecule has 4 nitrogen and oxygen atoms in total. The lowest BCUT2D eigenvalue weighted by Gasteiger charge is -2.14. The van der Waals surface area contributed by atoms with Crippen LogP contribution in [0.5, 0.6) is 0 Å². The second kappa shape index (κ2) is 5.36. The molecule has 0 radical (unpaired) electrons. The summed E-state index contributed by atoms with van der Waals surface area (Å²) in [5, 5.41) is 3.41. The van der Waals surface area contributed by atoms with E-state index >= 15 is 0 Å². The van der Waals surface area contributed by atoms with Gasteiger partial charge in [-0.05, 0) is 44.5 Å². The van der Waals surface area contributed by atoms with Crippen molar-refractivity contribution in [3.05, 3.63) is 17.8 Å². The molecule has 1 aliphatic rings. The molecule has 1 aromatic heterocycles. The molecule has 1 unspecified atom stereocenters. The Labute approximate surface area is 103 Å². The number of nitrogen functional groups attached to an aromatic ring is 1. The fraction of sp³-hybridized carbons (Fsp3) is 0.615. The molecule has 4 heteroatoms. The number of nitrogens with one attached hydrogen (secondary N) is 1. The third-order valence-corrected chi connectivity index (χ3v) is 3.52. The standard InChI is InChI=1S/C13H22N4/c1-3-17-7-6-11(9-17)8-15-13-5-4-12(14)10(2)16-13/h4-5,11H,3,6-9,14H2,1-2H3,(H,15,16). The van der Waals surface area contributed by atoms with E-state index in [1.807, 2.05) is 19.1 Å². The van der Waals surface area contributed by atoms with Crippen LogP contribution in [-0.2, 0) is 0 Å². The van der Waals surface area contributed by atoms with Crippen LogP contribution >= 0.6 is 0 Å².